The van der Waals surface area contributed by atoms with E-state index in [0.717, 1.165) is 34.7 Å². The van der Waals surface area contributed by atoms with E-state index in [1.165, 1.54) is 0 Å². The molecule has 1 aromatic carbocycles. The number of likely N-dealkylation sites (tertiary alicyclic amines) is 1. The molecule has 2 aliphatic rings. The first kappa shape index (κ1) is 21.7. The molecule has 1 amide bonds. The first-order valence-electron chi connectivity index (χ1n) is 8.49. The highest BCUT2D eigenvalue weighted by Crippen LogP contribution is 2.37. The lowest BCUT2D eigenvalue weighted by Gasteiger charge is -2.44. The van der Waals surface area contributed by atoms with E-state index in [0.29, 0.717) is 10.6 Å². The average Bonchev–Trinajstić information content (AvgIpc) is 3.00. The molecular weight excluding hydrogens is 430 g/mol. The fourth-order valence-electron chi connectivity index (χ4n) is 3.37. The van der Waals surface area contributed by atoms with Gasteiger partial charge in [0, 0.05) is 13.1 Å². The van der Waals surface area contributed by atoms with E-state index in [1.54, 1.807) is 18.2 Å². The van der Waals surface area contributed by atoms with Crippen LogP contribution in [0.3, 0.4) is 0 Å². The van der Waals surface area contributed by atoms with Crippen LogP contribution in [-0.2, 0) is 28.8 Å². The Labute approximate surface area is 163 Å². The first-order valence-corrected chi connectivity index (χ1v) is 9.55. The molecule has 1 saturated heterocycles. The Balaban J connectivity index is 1.66. The van der Waals surface area contributed by atoms with E-state index in [-0.39, 0.29) is 13.1 Å². The van der Waals surface area contributed by atoms with Gasteiger partial charge in [-0.1, -0.05) is 6.07 Å². The SMILES string of the molecule is O=C(OC(C(F)(F)F)C(F)(F)F)N1CC(N(c2ccc3c(c2)CCC3)S(=O)O)C1. The third kappa shape index (κ3) is 4.60. The molecule has 1 atom stereocenters. The molecule has 0 spiro atoms. The zero-order valence-electron chi connectivity index (χ0n) is 14.7. The van der Waals surface area contributed by atoms with E-state index in [4.69, 9.17) is 0 Å². The van der Waals surface area contributed by atoms with Crippen molar-refractivity contribution >= 4 is 23.0 Å². The summed E-state index contributed by atoms with van der Waals surface area (Å²) in [6, 6.07) is 4.38. The second-order valence-corrected chi connectivity index (χ2v) is 7.62. The number of anilines is 1. The van der Waals surface area contributed by atoms with Crippen LogP contribution in [-0.4, -0.2) is 57.3 Å². The maximum absolute atomic E-state index is 12.5. The van der Waals surface area contributed by atoms with E-state index in [9.17, 15) is 39.9 Å². The third-order valence-electron chi connectivity index (χ3n) is 4.77. The Morgan fingerprint density at radius 3 is 2.28 bits per heavy atom. The smallest absolute Gasteiger partial charge is 0.426 e. The predicted octanol–water partition coefficient (Wildman–Crippen LogP) is 3.43. The van der Waals surface area contributed by atoms with Crippen LogP contribution in [0.1, 0.15) is 17.5 Å². The first-order chi connectivity index (χ1) is 13.4. The number of carbonyl (C=O) groups is 1. The fraction of sp³-hybridized carbons (Fsp3) is 0.562. The molecule has 1 aromatic rings. The molecule has 13 heteroatoms. The van der Waals surface area contributed by atoms with Crippen LogP contribution in [0, 0.1) is 0 Å². The van der Waals surface area contributed by atoms with Crippen molar-refractivity contribution in [3.05, 3.63) is 29.3 Å². The number of hydrogen-bond donors (Lipinski definition) is 1. The van der Waals surface area contributed by atoms with Crippen molar-refractivity contribution in [3.63, 3.8) is 0 Å². The molecule has 1 N–H and O–H groups in total. The van der Waals surface area contributed by atoms with Crippen LogP contribution in [0.4, 0.5) is 36.8 Å². The Hall–Kier alpha value is -2.02. The predicted molar refractivity (Wildman–Crippen MR) is 89.5 cm³/mol. The van der Waals surface area contributed by atoms with Crippen LogP contribution in [0.2, 0.25) is 0 Å². The maximum Gasteiger partial charge on any atom is 0.434 e. The molecular formula is C16H16F6N2O4S. The van der Waals surface area contributed by atoms with Crippen molar-refractivity contribution in [1.82, 2.24) is 4.90 Å². The minimum atomic E-state index is -5.80. The van der Waals surface area contributed by atoms with Crippen molar-refractivity contribution in [3.8, 4) is 0 Å². The highest BCUT2D eigenvalue weighted by atomic mass is 32.2. The molecule has 1 unspecified atom stereocenters. The van der Waals surface area contributed by atoms with Crippen molar-refractivity contribution < 1.29 is 44.6 Å². The third-order valence-corrected chi connectivity index (χ3v) is 5.62. The number of rotatable bonds is 4. The van der Waals surface area contributed by atoms with Gasteiger partial charge >= 0.3 is 18.4 Å². The molecule has 1 aliphatic carbocycles. The van der Waals surface area contributed by atoms with E-state index in [1.807, 2.05) is 0 Å². The lowest BCUT2D eigenvalue weighted by Crippen LogP contribution is -2.62. The molecule has 0 saturated carbocycles. The van der Waals surface area contributed by atoms with E-state index in [2.05, 4.69) is 4.74 Å². The zero-order valence-corrected chi connectivity index (χ0v) is 15.5. The molecule has 1 aliphatic heterocycles. The number of nitrogens with zero attached hydrogens (tertiary/aromatic N) is 2. The number of hydrogen-bond acceptors (Lipinski definition) is 3. The highest BCUT2D eigenvalue weighted by molar-refractivity contribution is 7.80. The lowest BCUT2D eigenvalue weighted by molar-refractivity contribution is -0.308. The monoisotopic (exact) mass is 446 g/mol. The summed E-state index contributed by atoms with van der Waals surface area (Å²) in [6.45, 7) is -0.713. The van der Waals surface area contributed by atoms with Crippen molar-refractivity contribution in [2.75, 3.05) is 17.4 Å². The van der Waals surface area contributed by atoms with Gasteiger partial charge in [-0.3, -0.25) is 8.86 Å². The minimum Gasteiger partial charge on any atom is -0.426 e. The van der Waals surface area contributed by atoms with Crippen LogP contribution in [0.25, 0.3) is 0 Å². The van der Waals surface area contributed by atoms with Crippen LogP contribution >= 0.6 is 0 Å². The highest BCUT2D eigenvalue weighted by Gasteiger charge is 2.60. The van der Waals surface area contributed by atoms with Crippen LogP contribution in [0.15, 0.2) is 18.2 Å². The van der Waals surface area contributed by atoms with Gasteiger partial charge in [0.1, 0.15) is 0 Å². The summed E-state index contributed by atoms with van der Waals surface area (Å²) in [7, 11) is 0. The molecule has 1 heterocycles. The van der Waals surface area contributed by atoms with Crippen molar-refractivity contribution in [2.24, 2.45) is 0 Å². The van der Waals surface area contributed by atoms with Gasteiger partial charge in [-0.05, 0) is 42.5 Å². The van der Waals surface area contributed by atoms with Gasteiger partial charge in [-0.2, -0.15) is 26.3 Å². The Kier molecular flexibility index (Phi) is 5.73. The van der Waals surface area contributed by atoms with Crippen molar-refractivity contribution in [2.45, 2.75) is 43.8 Å². The topological polar surface area (TPSA) is 70.1 Å². The number of carbonyl (C=O) groups excluding carboxylic acids is 1. The summed E-state index contributed by atoms with van der Waals surface area (Å²) < 4.78 is 101. The summed E-state index contributed by atoms with van der Waals surface area (Å²) in [6.07, 6.45) is -15.0. The number of aryl methyl sites for hydroxylation is 2. The summed E-state index contributed by atoms with van der Waals surface area (Å²) in [5.41, 5.74) is 2.50. The van der Waals surface area contributed by atoms with Gasteiger partial charge in [0.25, 0.3) is 17.4 Å². The molecule has 29 heavy (non-hydrogen) atoms. The van der Waals surface area contributed by atoms with Gasteiger partial charge < -0.3 is 9.64 Å². The minimum absolute atomic E-state index is 0.356. The molecule has 3 rings (SSSR count). The summed E-state index contributed by atoms with van der Waals surface area (Å²) in [5.74, 6) is 0. The quantitative estimate of drug-likeness (QED) is 0.569. The van der Waals surface area contributed by atoms with E-state index >= 15 is 0 Å². The van der Waals surface area contributed by atoms with Gasteiger partial charge in [0.15, 0.2) is 0 Å². The maximum atomic E-state index is 12.5. The Bertz CT molecular complexity index is 796. The number of fused-ring (bicyclic) bond motifs is 1. The number of benzene rings is 1. The number of ether oxygens (including phenoxy) is 1. The normalized spacial score (nSPS) is 18.4. The largest absolute Gasteiger partial charge is 0.434 e. The number of halogens is 6. The molecule has 0 radical (unpaired) electrons. The van der Waals surface area contributed by atoms with E-state index < -0.39 is 41.9 Å². The average molecular weight is 446 g/mol. The van der Waals surface area contributed by atoms with Crippen LogP contribution < -0.4 is 4.31 Å². The molecule has 162 valence electrons. The van der Waals surface area contributed by atoms with Gasteiger partial charge in [0.2, 0.25) is 0 Å². The Morgan fingerprint density at radius 2 is 1.72 bits per heavy atom. The molecule has 6 nitrogen and oxygen atoms in total. The standard InChI is InChI=1S/C16H16F6N2O4S/c17-15(18,19)13(16(20,21)22)28-14(25)23-7-12(8-23)24(29(26)27)11-5-4-9-2-1-3-10(9)6-11/h4-6,12-13H,1-3,7-8H2,(H,26,27). The number of amides is 1. The fourth-order valence-corrected chi connectivity index (χ4v) is 4.05. The zero-order chi connectivity index (χ0) is 21.6. The second-order valence-electron chi connectivity index (χ2n) is 6.77. The summed E-state index contributed by atoms with van der Waals surface area (Å²) >= 11 is -2.50. The lowest BCUT2D eigenvalue weighted by atomic mass is 10.1. The number of alkyl halides is 6. The van der Waals surface area contributed by atoms with Crippen LogP contribution in [0.5, 0.6) is 0 Å². The van der Waals surface area contributed by atoms with Crippen molar-refractivity contribution in [1.29, 1.82) is 0 Å². The van der Waals surface area contributed by atoms with Gasteiger partial charge in [-0.15, -0.1) is 0 Å². The summed E-state index contributed by atoms with van der Waals surface area (Å²) in [4.78, 5) is 12.3. The van der Waals surface area contributed by atoms with Gasteiger partial charge in [0.05, 0.1) is 11.7 Å². The van der Waals surface area contributed by atoms with Gasteiger partial charge in [-0.25, -0.2) is 9.00 Å². The molecule has 0 bridgehead atoms. The molecule has 0 aromatic heterocycles. The second kappa shape index (κ2) is 7.67. The Morgan fingerprint density at radius 1 is 1.14 bits per heavy atom. The summed E-state index contributed by atoms with van der Waals surface area (Å²) in [5, 5.41) is 0. The molecule has 1 fully saturated rings.